The lowest BCUT2D eigenvalue weighted by atomic mass is 9.68. The zero-order chi connectivity index (χ0) is 23.2. The van der Waals surface area contributed by atoms with Gasteiger partial charge >= 0.3 is 0 Å². The number of morpholine rings is 1. The zero-order valence-corrected chi connectivity index (χ0v) is 19.5. The molecule has 2 aliphatic carbocycles. The van der Waals surface area contributed by atoms with Crippen molar-refractivity contribution in [2.75, 3.05) is 31.2 Å². The lowest BCUT2D eigenvalue weighted by Gasteiger charge is -2.37. The van der Waals surface area contributed by atoms with Crippen molar-refractivity contribution in [2.45, 2.75) is 45.4 Å². The fraction of sp³-hybridized carbons (Fsp3) is 0.379. The van der Waals surface area contributed by atoms with Crippen LogP contribution in [-0.2, 0) is 16.6 Å². The fourth-order valence-corrected chi connectivity index (χ4v) is 5.33. The molecule has 1 saturated heterocycles. The number of fused-ring (bicyclic) bond motifs is 3. The topological polar surface area (TPSA) is 53.3 Å². The summed E-state index contributed by atoms with van der Waals surface area (Å²) in [6, 6.07) is 12.2. The number of carbonyl (C=O) groups is 1. The van der Waals surface area contributed by atoms with E-state index in [0.717, 1.165) is 70.6 Å². The number of ketones is 1. The molecule has 2 aromatic rings. The third-order valence-corrected chi connectivity index (χ3v) is 7.16. The molecule has 0 bridgehead atoms. The van der Waals surface area contributed by atoms with E-state index in [-0.39, 0.29) is 11.2 Å². The van der Waals surface area contributed by atoms with E-state index >= 15 is 0 Å². The highest BCUT2D eigenvalue weighted by Crippen LogP contribution is 2.51. The first-order valence-electron chi connectivity index (χ1n) is 11.8. The molecule has 0 N–H and O–H groups in total. The number of ether oxygens (including phenoxy) is 1. The van der Waals surface area contributed by atoms with Crippen LogP contribution in [0.25, 0.3) is 5.57 Å². The number of hydrogen-bond donors (Lipinski definition) is 0. The number of nitrogens with zero attached hydrogens (tertiary/aromatic N) is 2. The third-order valence-electron chi connectivity index (χ3n) is 7.16. The van der Waals surface area contributed by atoms with E-state index in [4.69, 9.17) is 4.74 Å². The Bertz CT molecular complexity index is 1290. The Morgan fingerprint density at radius 2 is 1.91 bits per heavy atom. The van der Waals surface area contributed by atoms with Crippen LogP contribution >= 0.6 is 0 Å². The summed E-state index contributed by atoms with van der Waals surface area (Å²) in [6.07, 6.45) is 2.56. The van der Waals surface area contributed by atoms with E-state index in [1.165, 1.54) is 0 Å². The summed E-state index contributed by atoms with van der Waals surface area (Å²) in [4.78, 5) is 16.2. The van der Waals surface area contributed by atoms with Gasteiger partial charge in [-0.3, -0.25) is 4.79 Å². The van der Waals surface area contributed by atoms with Crippen LogP contribution in [-0.4, -0.2) is 32.1 Å². The van der Waals surface area contributed by atoms with Gasteiger partial charge in [-0.1, -0.05) is 38.7 Å². The number of allylic oxidation sites excluding steroid dienone is 2. The average molecular weight is 437 g/mol. The Balaban J connectivity index is 1.67. The van der Waals surface area contributed by atoms with E-state index in [0.29, 0.717) is 25.2 Å². The molecule has 0 unspecified atom stereocenters. The minimum atomic E-state index is -0.291. The highest BCUT2D eigenvalue weighted by molar-refractivity contribution is 6.33. The SMILES string of the molecule is CCCC#Cc1cc2c(cc1N1CCOCC1)C(C)(C)C1=C(C2=O)c2ccc(C#N)cc2C1. The molecule has 0 spiro atoms. The van der Waals surface area contributed by atoms with E-state index in [9.17, 15) is 10.1 Å². The van der Waals surface area contributed by atoms with Crippen LogP contribution in [0.1, 0.15) is 71.8 Å². The van der Waals surface area contributed by atoms with Gasteiger partial charge in [-0.25, -0.2) is 0 Å². The van der Waals surface area contributed by atoms with Gasteiger partial charge in [0.2, 0.25) is 0 Å². The lowest BCUT2D eigenvalue weighted by molar-refractivity contribution is 0.105. The number of nitriles is 1. The molecular formula is C29H28N2O2. The van der Waals surface area contributed by atoms with Crippen molar-refractivity contribution in [3.63, 3.8) is 0 Å². The number of hydrogen-bond acceptors (Lipinski definition) is 4. The second kappa shape index (κ2) is 8.22. The second-order valence-corrected chi connectivity index (χ2v) is 9.53. The number of benzene rings is 2. The number of anilines is 1. The van der Waals surface area contributed by atoms with Gasteiger partial charge in [-0.15, -0.1) is 0 Å². The maximum atomic E-state index is 13.9. The molecule has 5 rings (SSSR count). The monoisotopic (exact) mass is 436 g/mol. The summed E-state index contributed by atoms with van der Waals surface area (Å²) in [5.41, 5.74) is 8.23. The van der Waals surface area contributed by atoms with Crippen LogP contribution in [0.3, 0.4) is 0 Å². The van der Waals surface area contributed by atoms with E-state index < -0.39 is 0 Å². The molecular weight excluding hydrogens is 408 g/mol. The van der Waals surface area contributed by atoms with E-state index in [2.05, 4.69) is 49.6 Å². The Morgan fingerprint density at radius 3 is 2.64 bits per heavy atom. The van der Waals surface area contributed by atoms with Gasteiger partial charge in [0.25, 0.3) is 0 Å². The number of Topliss-reactive ketones (excluding diaryl/α,β-unsaturated/α-hetero) is 1. The quantitative estimate of drug-likeness (QED) is 0.620. The van der Waals surface area contributed by atoms with Crippen molar-refractivity contribution in [2.24, 2.45) is 0 Å². The van der Waals surface area contributed by atoms with Crippen molar-refractivity contribution in [3.05, 3.63) is 69.3 Å². The van der Waals surface area contributed by atoms with Crippen LogP contribution in [0.15, 0.2) is 35.9 Å². The van der Waals surface area contributed by atoms with Gasteiger partial charge < -0.3 is 9.64 Å². The summed E-state index contributed by atoms with van der Waals surface area (Å²) < 4.78 is 5.58. The Labute approximate surface area is 195 Å². The molecule has 33 heavy (non-hydrogen) atoms. The molecule has 1 fully saturated rings. The maximum absolute atomic E-state index is 13.9. The molecule has 0 atom stereocenters. The predicted molar refractivity (Wildman–Crippen MR) is 130 cm³/mol. The molecule has 4 nitrogen and oxygen atoms in total. The number of carbonyl (C=O) groups excluding carboxylic acids is 1. The Hall–Kier alpha value is -3.34. The Morgan fingerprint density at radius 1 is 1.12 bits per heavy atom. The zero-order valence-electron chi connectivity index (χ0n) is 19.5. The first kappa shape index (κ1) is 21.5. The second-order valence-electron chi connectivity index (χ2n) is 9.53. The van der Waals surface area contributed by atoms with Gasteiger partial charge in [0.15, 0.2) is 5.78 Å². The maximum Gasteiger partial charge on any atom is 0.193 e. The van der Waals surface area contributed by atoms with Gasteiger partial charge in [0, 0.05) is 41.6 Å². The molecule has 0 saturated carbocycles. The largest absolute Gasteiger partial charge is 0.378 e. The minimum Gasteiger partial charge on any atom is -0.378 e. The van der Waals surface area contributed by atoms with Gasteiger partial charge in [-0.05, 0) is 59.4 Å². The molecule has 1 aliphatic heterocycles. The van der Waals surface area contributed by atoms with Crippen LogP contribution in [0.2, 0.25) is 0 Å². The van der Waals surface area contributed by atoms with E-state index in [1.54, 1.807) is 0 Å². The van der Waals surface area contributed by atoms with Crippen molar-refractivity contribution in [3.8, 4) is 17.9 Å². The highest BCUT2D eigenvalue weighted by atomic mass is 16.5. The van der Waals surface area contributed by atoms with Crippen LogP contribution in [0.4, 0.5) is 5.69 Å². The predicted octanol–water partition coefficient (Wildman–Crippen LogP) is 5.03. The lowest BCUT2D eigenvalue weighted by Crippen LogP contribution is -2.37. The van der Waals surface area contributed by atoms with Crippen LogP contribution in [0.5, 0.6) is 0 Å². The first-order chi connectivity index (χ1) is 16.0. The van der Waals surface area contributed by atoms with Gasteiger partial charge in [-0.2, -0.15) is 5.26 Å². The third kappa shape index (κ3) is 3.47. The number of rotatable bonds is 2. The van der Waals surface area contributed by atoms with Gasteiger partial charge in [0.05, 0.1) is 30.5 Å². The standard InChI is InChI=1S/C29H28N2O2/c1-4-5-6-7-20-15-23-24(17-26(20)31-10-12-33-13-11-31)29(2,3)25-16-21-14-19(18-30)8-9-22(21)27(25)28(23)32/h8-9,14-15,17H,4-5,10-13,16H2,1-3H3. The molecule has 3 aliphatic rings. The summed E-state index contributed by atoms with van der Waals surface area (Å²) in [5.74, 6) is 6.73. The summed E-state index contributed by atoms with van der Waals surface area (Å²) in [6.45, 7) is 9.62. The fourth-order valence-electron chi connectivity index (χ4n) is 5.33. The van der Waals surface area contributed by atoms with Crippen LogP contribution in [0, 0.1) is 23.2 Å². The van der Waals surface area contributed by atoms with Crippen molar-refractivity contribution in [1.29, 1.82) is 5.26 Å². The van der Waals surface area contributed by atoms with Crippen LogP contribution < -0.4 is 4.90 Å². The van der Waals surface area contributed by atoms with E-state index in [1.807, 2.05) is 24.3 Å². The highest BCUT2D eigenvalue weighted by Gasteiger charge is 2.43. The molecule has 0 aromatic heterocycles. The molecule has 4 heteroatoms. The normalized spacial score (nSPS) is 18.1. The minimum absolute atomic E-state index is 0.0786. The summed E-state index contributed by atoms with van der Waals surface area (Å²) >= 11 is 0. The van der Waals surface area contributed by atoms with Gasteiger partial charge in [0.1, 0.15) is 0 Å². The molecule has 166 valence electrons. The van der Waals surface area contributed by atoms with Crippen molar-refractivity contribution in [1.82, 2.24) is 0 Å². The summed E-state index contributed by atoms with van der Waals surface area (Å²) in [7, 11) is 0. The van der Waals surface area contributed by atoms with Crippen molar-refractivity contribution < 1.29 is 9.53 Å². The molecule has 0 amide bonds. The molecule has 2 aromatic carbocycles. The number of unbranched alkanes of at least 4 members (excludes halogenated alkanes) is 1. The van der Waals surface area contributed by atoms with Crippen molar-refractivity contribution >= 4 is 17.0 Å². The smallest absolute Gasteiger partial charge is 0.193 e. The molecule has 1 heterocycles. The Kier molecular flexibility index (Phi) is 5.35. The summed E-state index contributed by atoms with van der Waals surface area (Å²) in [5, 5.41) is 9.34. The first-order valence-corrected chi connectivity index (χ1v) is 11.8. The average Bonchev–Trinajstić information content (AvgIpc) is 3.23. The molecule has 0 radical (unpaired) electrons.